The van der Waals surface area contributed by atoms with Crippen LogP contribution in [0.5, 0.6) is 0 Å². The third-order valence-electron chi connectivity index (χ3n) is 3.96. The summed E-state index contributed by atoms with van der Waals surface area (Å²) in [6, 6.07) is 0. The molecule has 0 saturated heterocycles. The molecule has 0 aromatic rings. The van der Waals surface area contributed by atoms with Crippen molar-refractivity contribution < 1.29 is 4.79 Å². The van der Waals surface area contributed by atoms with Gasteiger partial charge in [0.15, 0.2) is 0 Å². The van der Waals surface area contributed by atoms with Gasteiger partial charge in [-0.25, -0.2) is 0 Å². The maximum absolute atomic E-state index is 11.5. The summed E-state index contributed by atoms with van der Waals surface area (Å²) in [5, 5.41) is 0. The average molecular weight is 224 g/mol. The van der Waals surface area contributed by atoms with Gasteiger partial charge in [0.05, 0.1) is 0 Å². The number of carbonyl (C=O) groups is 1. The molecule has 0 heterocycles. The van der Waals surface area contributed by atoms with E-state index in [0.717, 1.165) is 31.6 Å². The molecule has 1 nitrogen and oxygen atoms in total. The van der Waals surface area contributed by atoms with Crippen molar-refractivity contribution in [2.75, 3.05) is 0 Å². The minimum absolute atomic E-state index is 0.506. The summed E-state index contributed by atoms with van der Waals surface area (Å²) in [6.07, 6.45) is 14.7. The maximum atomic E-state index is 11.5. The van der Waals surface area contributed by atoms with Crippen LogP contribution in [0.15, 0.2) is 0 Å². The van der Waals surface area contributed by atoms with Gasteiger partial charge in [-0.2, -0.15) is 0 Å². The van der Waals surface area contributed by atoms with Crippen LogP contribution in [0.3, 0.4) is 0 Å². The highest BCUT2D eigenvalue weighted by Gasteiger charge is 2.08. The zero-order valence-corrected chi connectivity index (χ0v) is 11.0. The van der Waals surface area contributed by atoms with Crippen molar-refractivity contribution in [3.8, 4) is 0 Å². The number of ketones is 1. The molecule has 1 fully saturated rings. The van der Waals surface area contributed by atoms with Gasteiger partial charge in [0.25, 0.3) is 0 Å². The summed E-state index contributed by atoms with van der Waals surface area (Å²) in [5.41, 5.74) is 0. The monoisotopic (exact) mass is 224 g/mol. The van der Waals surface area contributed by atoms with Crippen LogP contribution >= 0.6 is 0 Å². The van der Waals surface area contributed by atoms with Crippen molar-refractivity contribution in [3.05, 3.63) is 0 Å². The summed E-state index contributed by atoms with van der Waals surface area (Å²) in [4.78, 5) is 11.5. The lowest BCUT2D eigenvalue weighted by Gasteiger charge is -2.13. The average Bonchev–Trinajstić information content (AvgIpc) is 2.31. The Morgan fingerprint density at radius 3 is 1.94 bits per heavy atom. The molecular formula is C15H28O. The Kier molecular flexibility index (Phi) is 7.54. The van der Waals surface area contributed by atoms with Gasteiger partial charge >= 0.3 is 0 Å². The van der Waals surface area contributed by atoms with Crippen LogP contribution in [0, 0.1) is 5.92 Å². The van der Waals surface area contributed by atoms with Gasteiger partial charge in [0.2, 0.25) is 0 Å². The Labute approximate surface area is 101 Å². The van der Waals surface area contributed by atoms with Gasteiger partial charge < -0.3 is 0 Å². The third-order valence-corrected chi connectivity index (χ3v) is 3.96. The van der Waals surface area contributed by atoms with Gasteiger partial charge in [-0.1, -0.05) is 58.3 Å². The molecular weight excluding hydrogens is 196 g/mol. The van der Waals surface area contributed by atoms with Crippen molar-refractivity contribution in [3.63, 3.8) is 0 Å². The minimum atomic E-state index is 0.506. The first kappa shape index (κ1) is 13.7. The van der Waals surface area contributed by atoms with E-state index >= 15 is 0 Å². The molecule has 1 heteroatoms. The van der Waals surface area contributed by atoms with E-state index in [1.54, 1.807) is 0 Å². The maximum Gasteiger partial charge on any atom is 0.132 e. The fourth-order valence-electron chi connectivity index (χ4n) is 2.72. The van der Waals surface area contributed by atoms with Crippen LogP contribution in [0.4, 0.5) is 0 Å². The van der Waals surface area contributed by atoms with Crippen molar-refractivity contribution >= 4 is 5.78 Å². The molecule has 0 aromatic carbocycles. The smallest absolute Gasteiger partial charge is 0.132 e. The number of Topliss-reactive ketones (excluding diaryl/α,β-unsaturated/α-hetero) is 1. The first-order valence-corrected chi connectivity index (χ1v) is 7.34. The van der Waals surface area contributed by atoms with Gasteiger partial charge in [-0.3, -0.25) is 4.79 Å². The molecule has 0 spiro atoms. The van der Waals surface area contributed by atoms with Crippen LogP contribution in [-0.4, -0.2) is 5.78 Å². The molecule has 0 aliphatic heterocycles. The zero-order chi connectivity index (χ0) is 11.6. The Balaban J connectivity index is 2.27. The van der Waals surface area contributed by atoms with E-state index in [2.05, 4.69) is 6.92 Å². The largest absolute Gasteiger partial charge is 0.300 e. The van der Waals surface area contributed by atoms with Gasteiger partial charge in [0.1, 0.15) is 5.78 Å². The quantitative estimate of drug-likeness (QED) is 0.620. The van der Waals surface area contributed by atoms with E-state index in [1.165, 1.54) is 51.4 Å². The molecule has 0 N–H and O–H groups in total. The highest BCUT2D eigenvalue weighted by Crippen LogP contribution is 2.22. The zero-order valence-electron chi connectivity index (χ0n) is 11.0. The predicted octanol–water partition coefficient (Wildman–Crippen LogP) is 4.89. The molecule has 0 aromatic heterocycles. The molecule has 94 valence electrons. The van der Waals surface area contributed by atoms with E-state index in [0.29, 0.717) is 5.78 Å². The number of carbonyl (C=O) groups excluding carboxylic acids is 1. The Morgan fingerprint density at radius 2 is 1.38 bits per heavy atom. The second kappa shape index (κ2) is 8.78. The van der Waals surface area contributed by atoms with Crippen molar-refractivity contribution in [1.29, 1.82) is 0 Å². The lowest BCUT2D eigenvalue weighted by molar-refractivity contribution is -0.119. The van der Waals surface area contributed by atoms with E-state index in [-0.39, 0.29) is 0 Å². The summed E-state index contributed by atoms with van der Waals surface area (Å²) in [5.74, 6) is 1.46. The molecule has 16 heavy (non-hydrogen) atoms. The van der Waals surface area contributed by atoms with E-state index < -0.39 is 0 Å². The highest BCUT2D eigenvalue weighted by molar-refractivity contribution is 5.78. The van der Waals surface area contributed by atoms with E-state index in [4.69, 9.17) is 0 Å². The molecule has 1 atom stereocenters. The SMILES string of the molecule is CCC1CCCCCCC(=O)CCCCC1. The van der Waals surface area contributed by atoms with Crippen molar-refractivity contribution in [2.24, 2.45) is 5.92 Å². The Bertz CT molecular complexity index is 186. The molecule has 0 bridgehead atoms. The molecule has 1 aliphatic carbocycles. The van der Waals surface area contributed by atoms with Crippen LogP contribution in [0.25, 0.3) is 0 Å². The molecule has 1 unspecified atom stereocenters. The van der Waals surface area contributed by atoms with Gasteiger partial charge in [-0.05, 0) is 18.8 Å². The molecule has 1 saturated carbocycles. The minimum Gasteiger partial charge on any atom is -0.300 e. The van der Waals surface area contributed by atoms with Crippen molar-refractivity contribution in [1.82, 2.24) is 0 Å². The lowest BCUT2D eigenvalue weighted by atomic mass is 9.93. The van der Waals surface area contributed by atoms with Crippen LogP contribution in [-0.2, 0) is 4.79 Å². The molecule has 1 aliphatic rings. The normalized spacial score (nSPS) is 26.6. The Morgan fingerprint density at radius 1 is 0.875 bits per heavy atom. The van der Waals surface area contributed by atoms with Crippen LogP contribution in [0.2, 0.25) is 0 Å². The molecule has 0 amide bonds. The first-order chi connectivity index (χ1) is 7.83. The summed E-state index contributed by atoms with van der Waals surface area (Å²) in [7, 11) is 0. The lowest BCUT2D eigenvalue weighted by Crippen LogP contribution is -1.99. The number of rotatable bonds is 1. The second-order valence-corrected chi connectivity index (χ2v) is 5.37. The number of hydrogen-bond donors (Lipinski definition) is 0. The van der Waals surface area contributed by atoms with E-state index in [9.17, 15) is 4.79 Å². The van der Waals surface area contributed by atoms with Crippen molar-refractivity contribution in [2.45, 2.75) is 84.0 Å². The van der Waals surface area contributed by atoms with E-state index in [1.807, 2.05) is 0 Å². The summed E-state index contributed by atoms with van der Waals surface area (Å²) < 4.78 is 0. The van der Waals surface area contributed by atoms with Crippen LogP contribution in [0.1, 0.15) is 84.0 Å². The van der Waals surface area contributed by atoms with Gasteiger partial charge in [0, 0.05) is 12.8 Å². The van der Waals surface area contributed by atoms with Gasteiger partial charge in [-0.15, -0.1) is 0 Å². The van der Waals surface area contributed by atoms with Crippen LogP contribution < -0.4 is 0 Å². The first-order valence-electron chi connectivity index (χ1n) is 7.34. The predicted molar refractivity (Wildman–Crippen MR) is 69.6 cm³/mol. The fourth-order valence-corrected chi connectivity index (χ4v) is 2.72. The molecule has 0 radical (unpaired) electrons. The second-order valence-electron chi connectivity index (χ2n) is 5.37. The standard InChI is InChI=1S/C15H28O/c1-2-14-10-6-3-4-8-12-15(16)13-9-5-7-11-14/h14H,2-13H2,1H3. The highest BCUT2D eigenvalue weighted by atomic mass is 16.1. The summed E-state index contributed by atoms with van der Waals surface area (Å²) >= 11 is 0. The fraction of sp³-hybridized carbons (Fsp3) is 0.933. The number of hydrogen-bond acceptors (Lipinski definition) is 1. The Hall–Kier alpha value is -0.330. The third kappa shape index (κ3) is 6.30. The molecule has 1 rings (SSSR count). The topological polar surface area (TPSA) is 17.1 Å². The summed E-state index contributed by atoms with van der Waals surface area (Å²) in [6.45, 7) is 2.33.